The van der Waals surface area contributed by atoms with E-state index in [0.717, 1.165) is 15.1 Å². The lowest BCUT2D eigenvalue weighted by molar-refractivity contribution is 0.664. The molecule has 0 radical (unpaired) electrons. The average molecular weight is 333 g/mol. The van der Waals surface area contributed by atoms with Crippen LogP contribution in [0.3, 0.4) is 0 Å². The van der Waals surface area contributed by atoms with Gasteiger partial charge in [-0.2, -0.15) is 5.10 Å². The molecule has 1 rings (SSSR count). The molecule has 3 N–H and O–H groups in total. The summed E-state index contributed by atoms with van der Waals surface area (Å²) in [7, 11) is 0. The number of H-pyrrole nitrogens is 1. The van der Waals surface area contributed by atoms with E-state index >= 15 is 0 Å². The summed E-state index contributed by atoms with van der Waals surface area (Å²) in [5, 5.41) is 7.27. The molecular weight excluding hydrogens is 313 g/mol. The Morgan fingerprint density at radius 2 is 1.94 bits per heavy atom. The van der Waals surface area contributed by atoms with Crippen molar-refractivity contribution in [2.24, 2.45) is 11.7 Å². The van der Waals surface area contributed by atoms with Gasteiger partial charge in [-0.3, -0.25) is 5.10 Å². The van der Waals surface area contributed by atoms with Crippen LogP contribution in [0.2, 0.25) is 0 Å². The summed E-state index contributed by atoms with van der Waals surface area (Å²) >= 11 is 2.27. The second kappa shape index (κ2) is 5.21. The first-order valence-electron chi connectivity index (χ1n) is 5.52. The molecule has 1 aromatic rings. The molecule has 90 valence electrons. The maximum Gasteiger partial charge on any atom is 0.127 e. The summed E-state index contributed by atoms with van der Waals surface area (Å²) in [6, 6.07) is 0. The topological polar surface area (TPSA) is 54.7 Å². The minimum Gasteiger partial charge on any atom is -0.402 e. The average Bonchev–Trinajstić information content (AvgIpc) is 2.44. The molecule has 0 bridgehead atoms. The number of hydrogen-bond acceptors (Lipinski definition) is 2. The van der Waals surface area contributed by atoms with E-state index in [-0.39, 0.29) is 0 Å². The SMILES string of the molecule is C/C(N)=C(/C(C)C)C(C)c1c(I)n[nH]c1C. The summed E-state index contributed by atoms with van der Waals surface area (Å²) < 4.78 is 1.04. The van der Waals surface area contributed by atoms with Crippen molar-refractivity contribution in [2.45, 2.75) is 40.5 Å². The molecule has 0 amide bonds. The van der Waals surface area contributed by atoms with Gasteiger partial charge in [0.15, 0.2) is 0 Å². The summed E-state index contributed by atoms with van der Waals surface area (Å²) in [5.74, 6) is 0.792. The Morgan fingerprint density at radius 3 is 2.25 bits per heavy atom. The number of hydrogen-bond donors (Lipinski definition) is 2. The van der Waals surface area contributed by atoms with Gasteiger partial charge < -0.3 is 5.73 Å². The first-order valence-corrected chi connectivity index (χ1v) is 6.60. The third kappa shape index (κ3) is 2.59. The molecule has 1 atom stereocenters. The molecule has 0 saturated heterocycles. The van der Waals surface area contributed by atoms with Crippen molar-refractivity contribution in [2.75, 3.05) is 0 Å². The molecule has 0 spiro atoms. The van der Waals surface area contributed by atoms with E-state index in [4.69, 9.17) is 5.73 Å². The zero-order valence-corrected chi connectivity index (χ0v) is 12.7. The second-order valence-corrected chi connectivity index (χ2v) is 5.59. The predicted octanol–water partition coefficient (Wildman–Crippen LogP) is 3.31. The van der Waals surface area contributed by atoms with Crippen molar-refractivity contribution in [3.8, 4) is 0 Å². The fourth-order valence-corrected chi connectivity index (χ4v) is 3.36. The molecule has 0 aromatic carbocycles. The van der Waals surface area contributed by atoms with Gasteiger partial charge in [-0.25, -0.2) is 0 Å². The van der Waals surface area contributed by atoms with Gasteiger partial charge in [0.2, 0.25) is 0 Å². The smallest absolute Gasteiger partial charge is 0.127 e. The first kappa shape index (κ1) is 13.5. The molecule has 1 heterocycles. The van der Waals surface area contributed by atoms with E-state index in [2.05, 4.69) is 60.5 Å². The largest absolute Gasteiger partial charge is 0.402 e. The third-order valence-electron chi connectivity index (χ3n) is 2.92. The zero-order valence-electron chi connectivity index (χ0n) is 10.6. The highest BCUT2D eigenvalue weighted by Crippen LogP contribution is 2.34. The van der Waals surface area contributed by atoms with Crippen molar-refractivity contribution < 1.29 is 0 Å². The van der Waals surface area contributed by atoms with Crippen LogP contribution in [0.25, 0.3) is 0 Å². The lowest BCUT2D eigenvalue weighted by atomic mass is 9.85. The van der Waals surface area contributed by atoms with Crippen molar-refractivity contribution >= 4 is 22.6 Å². The molecule has 1 aromatic heterocycles. The van der Waals surface area contributed by atoms with Gasteiger partial charge in [0.05, 0.1) is 0 Å². The number of allylic oxidation sites excluding steroid dienone is 2. The van der Waals surface area contributed by atoms with Crippen LogP contribution in [-0.4, -0.2) is 10.2 Å². The Balaban J connectivity index is 3.20. The van der Waals surface area contributed by atoms with Gasteiger partial charge in [-0.15, -0.1) is 0 Å². The van der Waals surface area contributed by atoms with Gasteiger partial charge in [-0.05, 0) is 47.9 Å². The van der Waals surface area contributed by atoms with Crippen molar-refractivity contribution in [1.29, 1.82) is 0 Å². The summed E-state index contributed by atoms with van der Waals surface area (Å²) in [5.41, 5.74) is 10.6. The molecule has 1 unspecified atom stereocenters. The Bertz CT molecular complexity index is 381. The van der Waals surface area contributed by atoms with Crippen LogP contribution in [0.1, 0.15) is 44.9 Å². The van der Waals surface area contributed by atoms with E-state index < -0.39 is 0 Å². The van der Waals surface area contributed by atoms with Gasteiger partial charge in [-0.1, -0.05) is 20.8 Å². The molecule has 0 saturated carbocycles. The maximum atomic E-state index is 5.99. The van der Waals surface area contributed by atoms with Crippen LogP contribution in [-0.2, 0) is 0 Å². The number of nitrogens with zero attached hydrogens (tertiary/aromatic N) is 1. The number of nitrogens with two attached hydrogens (primary N) is 1. The molecule has 0 aliphatic heterocycles. The first-order chi connectivity index (χ1) is 7.36. The number of aryl methyl sites for hydroxylation is 1. The maximum absolute atomic E-state index is 5.99. The standard InChI is InChI=1S/C12H20IN3/c1-6(2)10(8(4)14)7(3)11-9(5)15-16-12(11)13/h6-7H,14H2,1-5H3,(H,15,16)/b10-8+. The normalized spacial score (nSPS) is 15.2. The van der Waals surface area contributed by atoms with E-state index in [9.17, 15) is 0 Å². The minimum absolute atomic E-state index is 0.329. The monoisotopic (exact) mass is 333 g/mol. The molecular formula is C12H20IN3. The Labute approximate surface area is 111 Å². The molecule has 0 fully saturated rings. The Kier molecular flexibility index (Phi) is 4.41. The quantitative estimate of drug-likeness (QED) is 0.834. The molecule has 0 aliphatic rings. The highest BCUT2D eigenvalue weighted by atomic mass is 127. The highest BCUT2D eigenvalue weighted by Gasteiger charge is 2.22. The fraction of sp³-hybridized carbons (Fsp3) is 0.583. The number of aromatic amines is 1. The summed E-state index contributed by atoms with van der Waals surface area (Å²) in [6.07, 6.45) is 0. The van der Waals surface area contributed by atoms with Crippen LogP contribution in [0, 0.1) is 16.5 Å². The third-order valence-corrected chi connectivity index (χ3v) is 3.75. The predicted molar refractivity (Wildman–Crippen MR) is 76.2 cm³/mol. The van der Waals surface area contributed by atoms with Gasteiger partial charge in [0, 0.05) is 22.9 Å². The number of rotatable bonds is 3. The van der Waals surface area contributed by atoms with E-state index in [1.54, 1.807) is 0 Å². The Hall–Kier alpha value is -0.520. The van der Waals surface area contributed by atoms with E-state index in [0.29, 0.717) is 11.8 Å². The van der Waals surface area contributed by atoms with Crippen LogP contribution < -0.4 is 5.73 Å². The molecule has 0 aliphatic carbocycles. The van der Waals surface area contributed by atoms with E-state index in [1.807, 2.05) is 6.92 Å². The van der Waals surface area contributed by atoms with Crippen molar-refractivity contribution in [3.63, 3.8) is 0 Å². The Morgan fingerprint density at radius 1 is 1.38 bits per heavy atom. The minimum atomic E-state index is 0.329. The second-order valence-electron chi connectivity index (χ2n) is 4.57. The van der Waals surface area contributed by atoms with Crippen molar-refractivity contribution in [1.82, 2.24) is 10.2 Å². The summed E-state index contributed by atoms with van der Waals surface area (Å²) in [4.78, 5) is 0. The van der Waals surface area contributed by atoms with Gasteiger partial charge >= 0.3 is 0 Å². The lowest BCUT2D eigenvalue weighted by Crippen LogP contribution is -2.12. The molecule has 4 heteroatoms. The highest BCUT2D eigenvalue weighted by molar-refractivity contribution is 14.1. The van der Waals surface area contributed by atoms with Crippen LogP contribution in [0.15, 0.2) is 11.3 Å². The fourth-order valence-electron chi connectivity index (χ4n) is 2.36. The number of halogens is 1. The molecule has 3 nitrogen and oxygen atoms in total. The van der Waals surface area contributed by atoms with Crippen LogP contribution in [0.5, 0.6) is 0 Å². The lowest BCUT2D eigenvalue weighted by Gasteiger charge is -2.21. The van der Waals surface area contributed by atoms with Crippen molar-refractivity contribution in [3.05, 3.63) is 26.2 Å². The van der Waals surface area contributed by atoms with Gasteiger partial charge in [0.25, 0.3) is 0 Å². The summed E-state index contributed by atoms with van der Waals surface area (Å²) in [6.45, 7) is 10.6. The van der Waals surface area contributed by atoms with Crippen LogP contribution >= 0.6 is 22.6 Å². The molecule has 16 heavy (non-hydrogen) atoms. The van der Waals surface area contributed by atoms with E-state index in [1.165, 1.54) is 11.1 Å². The number of aromatic nitrogens is 2. The number of nitrogens with one attached hydrogen (secondary N) is 1. The van der Waals surface area contributed by atoms with Crippen LogP contribution in [0.4, 0.5) is 0 Å². The van der Waals surface area contributed by atoms with Gasteiger partial charge in [0.1, 0.15) is 3.70 Å². The zero-order chi connectivity index (χ0) is 12.5.